The van der Waals surface area contributed by atoms with Gasteiger partial charge in [0, 0.05) is 22.5 Å². The summed E-state index contributed by atoms with van der Waals surface area (Å²) in [7, 11) is 0. The molecule has 8 aromatic carbocycles. The predicted molar refractivity (Wildman–Crippen MR) is 217 cm³/mol. The van der Waals surface area contributed by atoms with Crippen molar-refractivity contribution >= 4 is 38.6 Å². The normalized spacial score (nSPS) is 14.0. The smallest absolute Gasteiger partial charge is 0.0462 e. The van der Waals surface area contributed by atoms with Crippen molar-refractivity contribution < 1.29 is 0 Å². The molecule has 0 unspecified atom stereocenters. The molecule has 0 saturated heterocycles. The van der Waals surface area contributed by atoms with Crippen LogP contribution in [0.5, 0.6) is 0 Å². The minimum absolute atomic E-state index is 0.0753. The zero-order chi connectivity index (χ0) is 34.0. The lowest BCUT2D eigenvalue weighted by molar-refractivity contribution is 0.346. The van der Waals surface area contributed by atoms with Crippen molar-refractivity contribution in [2.75, 3.05) is 4.90 Å². The van der Waals surface area contributed by atoms with Gasteiger partial charge < -0.3 is 4.90 Å². The van der Waals surface area contributed by atoms with E-state index in [1.54, 1.807) is 0 Å². The zero-order valence-corrected chi connectivity index (χ0v) is 28.9. The van der Waals surface area contributed by atoms with Crippen molar-refractivity contribution in [2.24, 2.45) is 0 Å². The van der Waals surface area contributed by atoms with Crippen LogP contribution in [0.2, 0.25) is 0 Å². The topological polar surface area (TPSA) is 3.24 Å². The van der Waals surface area contributed by atoms with E-state index in [4.69, 9.17) is 0 Å². The third-order valence-corrected chi connectivity index (χ3v) is 11.1. The number of fused-ring (bicyclic) bond motifs is 2. The molecule has 0 radical (unpaired) electrons. The molecule has 1 heteroatoms. The fraction of sp³-hybridized carbons (Fsp3) is 0.120. The Hall–Kier alpha value is -5.92. The molecule has 51 heavy (non-hydrogen) atoms. The maximum atomic E-state index is 2.40. The molecule has 9 rings (SSSR count). The van der Waals surface area contributed by atoms with Gasteiger partial charge in [-0.05, 0) is 116 Å². The van der Waals surface area contributed by atoms with Crippen LogP contribution in [0.3, 0.4) is 0 Å². The Balaban J connectivity index is 1.10. The molecule has 0 aromatic heterocycles. The Morgan fingerprint density at radius 2 is 0.706 bits per heavy atom. The van der Waals surface area contributed by atoms with Crippen LogP contribution in [0.15, 0.2) is 188 Å². The highest BCUT2D eigenvalue weighted by molar-refractivity contribution is 5.89. The highest BCUT2D eigenvalue weighted by atomic mass is 15.1. The highest BCUT2D eigenvalue weighted by Gasteiger charge is 2.35. The molecular weight excluding hydrogens is 615 g/mol. The van der Waals surface area contributed by atoms with Gasteiger partial charge in [0.2, 0.25) is 0 Å². The number of anilines is 3. The van der Waals surface area contributed by atoms with Crippen LogP contribution in [-0.4, -0.2) is 0 Å². The van der Waals surface area contributed by atoms with Crippen molar-refractivity contribution in [1.82, 2.24) is 0 Å². The molecule has 1 fully saturated rings. The van der Waals surface area contributed by atoms with Gasteiger partial charge in [-0.3, -0.25) is 0 Å². The molecule has 0 aliphatic heterocycles. The minimum Gasteiger partial charge on any atom is -0.311 e. The Kier molecular flexibility index (Phi) is 8.18. The molecule has 0 amide bonds. The van der Waals surface area contributed by atoms with Gasteiger partial charge in [0.25, 0.3) is 0 Å². The fourth-order valence-electron chi connectivity index (χ4n) is 8.38. The minimum atomic E-state index is 0.0753. The quantitative estimate of drug-likeness (QED) is 0.165. The van der Waals surface area contributed by atoms with Crippen LogP contribution in [0.4, 0.5) is 17.1 Å². The Morgan fingerprint density at radius 3 is 1.20 bits per heavy atom. The molecule has 0 N–H and O–H groups in total. The fourth-order valence-corrected chi connectivity index (χ4v) is 8.38. The first-order valence-electron chi connectivity index (χ1n) is 18.4. The van der Waals surface area contributed by atoms with E-state index in [-0.39, 0.29) is 5.41 Å². The van der Waals surface area contributed by atoms with Gasteiger partial charge >= 0.3 is 0 Å². The molecule has 1 aliphatic carbocycles. The second-order valence-corrected chi connectivity index (χ2v) is 14.1. The van der Waals surface area contributed by atoms with E-state index in [2.05, 4.69) is 193 Å². The van der Waals surface area contributed by atoms with Gasteiger partial charge in [-0.25, -0.2) is 0 Å². The highest BCUT2D eigenvalue weighted by Crippen LogP contribution is 2.46. The first-order chi connectivity index (χ1) is 25.2. The summed E-state index contributed by atoms with van der Waals surface area (Å²) in [5.41, 5.74) is 11.3. The molecule has 1 nitrogen and oxygen atoms in total. The zero-order valence-electron chi connectivity index (χ0n) is 28.9. The number of benzene rings is 8. The largest absolute Gasteiger partial charge is 0.311 e. The lowest BCUT2D eigenvalue weighted by Gasteiger charge is -2.39. The van der Waals surface area contributed by atoms with Crippen LogP contribution >= 0.6 is 0 Å². The number of hydrogen-bond donors (Lipinski definition) is 0. The standard InChI is InChI=1S/C50H41N/c1-3-15-45(16-4-1)50(33-9-2-10-34-50)46-25-31-49(32-26-46)51(47-27-21-39(22-28-47)43-19-17-37-11-5-7-13-41(37)35-43)48-29-23-40(24-30-48)44-20-18-38-12-6-8-14-42(38)36-44/h1,3-8,11-32,35-36H,2,9-10,33-34H2. The van der Waals surface area contributed by atoms with E-state index in [9.17, 15) is 0 Å². The summed E-state index contributed by atoms with van der Waals surface area (Å²) < 4.78 is 0. The molecule has 0 spiro atoms. The predicted octanol–water partition coefficient (Wildman–Crippen LogP) is 14.0. The molecule has 246 valence electrons. The first-order valence-corrected chi connectivity index (χ1v) is 18.4. The van der Waals surface area contributed by atoms with Crippen molar-refractivity contribution in [2.45, 2.75) is 37.5 Å². The summed E-state index contributed by atoms with van der Waals surface area (Å²) in [4.78, 5) is 2.40. The van der Waals surface area contributed by atoms with Crippen LogP contribution in [-0.2, 0) is 5.41 Å². The van der Waals surface area contributed by atoms with E-state index < -0.39 is 0 Å². The van der Waals surface area contributed by atoms with E-state index in [1.807, 2.05) is 0 Å². The molecule has 1 saturated carbocycles. The molecule has 0 heterocycles. The average Bonchev–Trinajstić information content (AvgIpc) is 3.22. The first kappa shape index (κ1) is 31.1. The van der Waals surface area contributed by atoms with Crippen molar-refractivity contribution in [3.05, 3.63) is 199 Å². The summed E-state index contributed by atoms with van der Waals surface area (Å²) in [6, 6.07) is 69.4. The van der Waals surface area contributed by atoms with E-state index in [1.165, 1.54) is 87.0 Å². The van der Waals surface area contributed by atoms with Crippen molar-refractivity contribution in [3.63, 3.8) is 0 Å². The van der Waals surface area contributed by atoms with Crippen molar-refractivity contribution in [3.8, 4) is 22.3 Å². The number of rotatable bonds is 7. The van der Waals surface area contributed by atoms with E-state index in [0.717, 1.165) is 17.1 Å². The maximum absolute atomic E-state index is 2.40. The van der Waals surface area contributed by atoms with E-state index >= 15 is 0 Å². The Labute approximate surface area is 301 Å². The molecule has 8 aromatic rings. The number of hydrogen-bond acceptors (Lipinski definition) is 1. The van der Waals surface area contributed by atoms with Crippen LogP contribution in [0, 0.1) is 0 Å². The maximum Gasteiger partial charge on any atom is 0.0462 e. The summed E-state index contributed by atoms with van der Waals surface area (Å²) >= 11 is 0. The molecule has 0 atom stereocenters. The average molecular weight is 656 g/mol. The number of nitrogens with zero attached hydrogens (tertiary/aromatic N) is 1. The van der Waals surface area contributed by atoms with Gasteiger partial charge in [-0.1, -0.05) is 159 Å². The third-order valence-electron chi connectivity index (χ3n) is 11.1. The van der Waals surface area contributed by atoms with Crippen LogP contribution < -0.4 is 4.90 Å². The van der Waals surface area contributed by atoms with Gasteiger partial charge in [-0.15, -0.1) is 0 Å². The SMILES string of the molecule is c1ccc(C2(c3ccc(N(c4ccc(-c5ccc6ccccc6c5)cc4)c4ccc(-c5ccc6ccccc6c5)cc4)cc3)CCCCC2)cc1. The Morgan fingerprint density at radius 1 is 0.314 bits per heavy atom. The van der Waals surface area contributed by atoms with E-state index in [0.29, 0.717) is 0 Å². The second kappa shape index (κ2) is 13.4. The molecule has 0 bridgehead atoms. The summed E-state index contributed by atoms with van der Waals surface area (Å²) in [5, 5.41) is 5.06. The molecular formula is C50H41N. The van der Waals surface area contributed by atoms with Gasteiger partial charge in [0.1, 0.15) is 0 Å². The van der Waals surface area contributed by atoms with Crippen LogP contribution in [0.1, 0.15) is 43.2 Å². The molecule has 1 aliphatic rings. The lowest BCUT2D eigenvalue weighted by Crippen LogP contribution is -2.30. The Bertz CT molecular complexity index is 2290. The summed E-state index contributed by atoms with van der Waals surface area (Å²) in [6.07, 6.45) is 6.27. The van der Waals surface area contributed by atoms with Crippen molar-refractivity contribution in [1.29, 1.82) is 0 Å². The monoisotopic (exact) mass is 655 g/mol. The van der Waals surface area contributed by atoms with Gasteiger partial charge in [0.05, 0.1) is 0 Å². The summed E-state index contributed by atoms with van der Waals surface area (Å²) in [5.74, 6) is 0. The van der Waals surface area contributed by atoms with Crippen LogP contribution in [0.25, 0.3) is 43.8 Å². The van der Waals surface area contributed by atoms with Gasteiger partial charge in [-0.2, -0.15) is 0 Å². The second-order valence-electron chi connectivity index (χ2n) is 14.1. The van der Waals surface area contributed by atoms with Gasteiger partial charge in [0.15, 0.2) is 0 Å². The third kappa shape index (κ3) is 6.00. The summed E-state index contributed by atoms with van der Waals surface area (Å²) in [6.45, 7) is 0. The lowest BCUT2D eigenvalue weighted by atomic mass is 9.65.